The molecule has 0 aliphatic rings. The lowest BCUT2D eigenvalue weighted by Crippen LogP contribution is -2.26. The average Bonchev–Trinajstić information content (AvgIpc) is 2.96. The number of alkyl halides is 1. The van der Waals surface area contributed by atoms with E-state index in [0.717, 1.165) is 0 Å². The van der Waals surface area contributed by atoms with Gasteiger partial charge in [-0.2, -0.15) is 0 Å². The van der Waals surface area contributed by atoms with Crippen molar-refractivity contribution in [1.29, 1.82) is 0 Å². The van der Waals surface area contributed by atoms with Gasteiger partial charge in [0.15, 0.2) is 0 Å². The van der Waals surface area contributed by atoms with Gasteiger partial charge >= 0.3 is 0 Å². The number of hydrogen-bond donors (Lipinski definition) is 1. The van der Waals surface area contributed by atoms with E-state index in [-0.39, 0.29) is 10.8 Å². The normalized spacial score (nSPS) is 11.3. The Bertz CT molecular complexity index is 697. The van der Waals surface area contributed by atoms with Gasteiger partial charge in [0.25, 0.3) is 10.0 Å². The molecule has 0 atom stereocenters. The maximum Gasteiger partial charge on any atom is 0.265 e. The zero-order valence-electron chi connectivity index (χ0n) is 11.1. The monoisotopic (exact) mass is 314 g/mol. The minimum absolute atomic E-state index is 0.168. The van der Waals surface area contributed by atoms with Crippen molar-refractivity contribution >= 4 is 27.3 Å². The second kappa shape index (κ2) is 5.76. The minimum Gasteiger partial charge on any atom is -0.495 e. The number of halogens is 1. The average molecular weight is 315 g/mol. The van der Waals surface area contributed by atoms with Crippen LogP contribution in [0.1, 0.15) is 5.69 Å². The quantitative estimate of drug-likeness (QED) is 0.863. The molecule has 5 nitrogen and oxygen atoms in total. The third kappa shape index (κ3) is 2.62. The van der Waals surface area contributed by atoms with Crippen molar-refractivity contribution in [2.75, 3.05) is 18.5 Å². The molecule has 0 radical (unpaired) electrons. The minimum atomic E-state index is -3.65. The molecular formula is C13H15ClN2O3S. The summed E-state index contributed by atoms with van der Waals surface area (Å²) in [7, 11) is -0.663. The summed E-state index contributed by atoms with van der Waals surface area (Å²) >= 11 is 5.67. The molecule has 1 aromatic carbocycles. The van der Waals surface area contributed by atoms with Gasteiger partial charge in [0.05, 0.1) is 18.7 Å². The number of ether oxygens (including phenoxy) is 1. The fourth-order valence-corrected chi connectivity index (χ4v) is 3.20. The van der Waals surface area contributed by atoms with Crippen molar-refractivity contribution < 1.29 is 13.2 Å². The first-order valence-corrected chi connectivity index (χ1v) is 7.83. The number of aromatic amines is 1. The van der Waals surface area contributed by atoms with Crippen molar-refractivity contribution in [3.05, 3.63) is 42.2 Å². The molecule has 0 saturated carbocycles. The third-order valence-corrected chi connectivity index (χ3v) is 4.98. The van der Waals surface area contributed by atoms with Gasteiger partial charge in [-0.25, -0.2) is 8.42 Å². The highest BCUT2D eigenvalue weighted by Crippen LogP contribution is 2.30. The van der Waals surface area contributed by atoms with Crippen molar-refractivity contribution in [3.63, 3.8) is 0 Å². The topological polar surface area (TPSA) is 62.4 Å². The van der Waals surface area contributed by atoms with Gasteiger partial charge in [0.2, 0.25) is 0 Å². The van der Waals surface area contributed by atoms with Gasteiger partial charge < -0.3 is 9.72 Å². The predicted molar refractivity (Wildman–Crippen MR) is 78.9 cm³/mol. The summed E-state index contributed by atoms with van der Waals surface area (Å²) in [5.41, 5.74) is 1.13. The van der Waals surface area contributed by atoms with Crippen LogP contribution in [0.5, 0.6) is 5.75 Å². The second-order valence-corrected chi connectivity index (χ2v) is 6.38. The maximum absolute atomic E-state index is 12.5. The molecule has 0 aliphatic heterocycles. The highest BCUT2D eigenvalue weighted by atomic mass is 35.5. The molecule has 2 rings (SSSR count). The van der Waals surface area contributed by atoms with Gasteiger partial charge in [0.1, 0.15) is 10.6 Å². The summed E-state index contributed by atoms with van der Waals surface area (Å²) in [4.78, 5) is 3.00. The molecule has 20 heavy (non-hydrogen) atoms. The molecule has 0 amide bonds. The van der Waals surface area contributed by atoms with Crippen LogP contribution in [0.3, 0.4) is 0 Å². The van der Waals surface area contributed by atoms with Crippen LogP contribution in [0, 0.1) is 0 Å². The van der Waals surface area contributed by atoms with E-state index >= 15 is 0 Å². The molecule has 0 fully saturated rings. The molecule has 0 aliphatic carbocycles. The number of benzene rings is 1. The van der Waals surface area contributed by atoms with Crippen LogP contribution in [0.15, 0.2) is 41.4 Å². The van der Waals surface area contributed by atoms with Crippen molar-refractivity contribution in [2.24, 2.45) is 0 Å². The predicted octanol–water partition coefficient (Wildman–Crippen LogP) is 2.59. The molecule has 2 aromatic rings. The fraction of sp³-hybridized carbons (Fsp3) is 0.231. The molecule has 0 saturated heterocycles. The first-order valence-electron chi connectivity index (χ1n) is 5.86. The zero-order valence-corrected chi connectivity index (χ0v) is 12.7. The van der Waals surface area contributed by atoms with E-state index in [0.29, 0.717) is 17.1 Å². The van der Waals surface area contributed by atoms with E-state index in [9.17, 15) is 8.42 Å². The molecule has 1 aromatic heterocycles. The van der Waals surface area contributed by atoms with Crippen LogP contribution < -0.4 is 9.04 Å². The molecule has 0 bridgehead atoms. The summed E-state index contributed by atoms with van der Waals surface area (Å²) in [5.74, 6) is 0.722. The summed E-state index contributed by atoms with van der Waals surface area (Å²) in [6.07, 6.45) is 1.43. The Hall–Kier alpha value is -1.66. The number of methoxy groups -OCH3 is 1. The van der Waals surface area contributed by atoms with E-state index in [2.05, 4.69) is 4.98 Å². The van der Waals surface area contributed by atoms with E-state index in [1.165, 1.54) is 30.7 Å². The first kappa shape index (κ1) is 14.7. The van der Waals surface area contributed by atoms with Crippen LogP contribution in [0.2, 0.25) is 0 Å². The van der Waals surface area contributed by atoms with Crippen molar-refractivity contribution in [3.8, 4) is 5.75 Å². The molecule has 1 heterocycles. The Morgan fingerprint density at radius 3 is 2.65 bits per heavy atom. The van der Waals surface area contributed by atoms with Crippen LogP contribution in [-0.4, -0.2) is 27.6 Å². The Balaban J connectivity index is 2.43. The van der Waals surface area contributed by atoms with Gasteiger partial charge in [-0.15, -0.1) is 11.6 Å². The number of H-pyrrole nitrogens is 1. The first-order chi connectivity index (χ1) is 9.50. The molecule has 108 valence electrons. The van der Waals surface area contributed by atoms with E-state index in [4.69, 9.17) is 16.3 Å². The van der Waals surface area contributed by atoms with Crippen molar-refractivity contribution in [2.45, 2.75) is 10.8 Å². The van der Waals surface area contributed by atoms with Crippen LogP contribution in [0.4, 0.5) is 5.69 Å². The van der Waals surface area contributed by atoms with E-state index in [1.54, 1.807) is 24.3 Å². The van der Waals surface area contributed by atoms with Gasteiger partial charge in [0, 0.05) is 18.9 Å². The lowest BCUT2D eigenvalue weighted by molar-refractivity contribution is 0.416. The lowest BCUT2D eigenvalue weighted by Gasteiger charge is -2.20. The molecule has 7 heteroatoms. The number of rotatable bonds is 5. The summed E-state index contributed by atoms with van der Waals surface area (Å²) in [6.45, 7) is 0. The van der Waals surface area contributed by atoms with Gasteiger partial charge in [-0.3, -0.25) is 4.31 Å². The Morgan fingerprint density at radius 1 is 1.35 bits per heavy atom. The number of aromatic nitrogens is 1. The SMILES string of the molecule is COc1ccccc1N(C)S(=O)(=O)c1c[nH]c(CCl)c1. The maximum atomic E-state index is 12.5. The number of anilines is 1. The number of hydrogen-bond acceptors (Lipinski definition) is 3. The highest BCUT2D eigenvalue weighted by molar-refractivity contribution is 7.92. The number of nitrogens with zero attached hydrogens (tertiary/aromatic N) is 1. The highest BCUT2D eigenvalue weighted by Gasteiger charge is 2.24. The molecule has 1 N–H and O–H groups in total. The fourth-order valence-electron chi connectivity index (χ4n) is 1.82. The summed E-state index contributed by atoms with van der Waals surface area (Å²) in [6, 6.07) is 8.46. The van der Waals surface area contributed by atoms with Gasteiger partial charge in [-0.1, -0.05) is 12.1 Å². The standard InChI is InChI=1S/C13H15ClN2O3S/c1-16(12-5-3-4-6-13(12)19-2)20(17,18)11-7-10(8-14)15-9-11/h3-7,9,15H,8H2,1-2H3. The van der Waals surface area contributed by atoms with E-state index < -0.39 is 10.0 Å². The lowest BCUT2D eigenvalue weighted by atomic mass is 10.3. The van der Waals surface area contributed by atoms with E-state index in [1.807, 2.05) is 0 Å². The number of nitrogens with one attached hydrogen (secondary N) is 1. The number of sulfonamides is 1. The summed E-state index contributed by atoms with van der Waals surface area (Å²) < 4.78 is 31.5. The molecule has 0 spiro atoms. The van der Waals surface area contributed by atoms with Gasteiger partial charge in [-0.05, 0) is 18.2 Å². The molecular weight excluding hydrogens is 300 g/mol. The largest absolute Gasteiger partial charge is 0.495 e. The third-order valence-electron chi connectivity index (χ3n) is 2.94. The Labute approximate surface area is 123 Å². The Kier molecular flexibility index (Phi) is 4.25. The molecule has 0 unspecified atom stereocenters. The zero-order chi connectivity index (χ0) is 14.8. The Morgan fingerprint density at radius 2 is 2.05 bits per heavy atom. The van der Waals surface area contributed by atoms with Crippen LogP contribution in [-0.2, 0) is 15.9 Å². The smallest absolute Gasteiger partial charge is 0.265 e. The summed E-state index contributed by atoms with van der Waals surface area (Å²) in [5, 5.41) is 0. The van der Waals surface area contributed by atoms with Crippen molar-refractivity contribution in [1.82, 2.24) is 4.98 Å². The van der Waals surface area contributed by atoms with Crippen LogP contribution in [0.25, 0.3) is 0 Å². The van der Waals surface area contributed by atoms with Crippen LogP contribution >= 0.6 is 11.6 Å². The number of para-hydroxylation sites is 2. The second-order valence-electron chi connectivity index (χ2n) is 4.14.